The molecule has 0 aromatic rings. The Bertz CT molecular complexity index is 109. The molecule has 1 N–H and O–H groups in total. The fourth-order valence-corrected chi connectivity index (χ4v) is 0.738. The Balaban J connectivity index is 2.42. The third-order valence-electron chi connectivity index (χ3n) is 1.20. The van der Waals surface area contributed by atoms with E-state index in [1.807, 2.05) is 12.2 Å². The second-order valence-electron chi connectivity index (χ2n) is 1.89. The van der Waals surface area contributed by atoms with Gasteiger partial charge in [0.05, 0.1) is 0 Å². The van der Waals surface area contributed by atoms with Crippen LogP contribution < -0.4 is 5.32 Å². The number of nitrogens with one attached hydrogen (secondary N) is 1. The third-order valence-corrected chi connectivity index (χ3v) is 1.20. The molecule has 0 aromatic carbocycles. The summed E-state index contributed by atoms with van der Waals surface area (Å²) < 4.78 is 0. The van der Waals surface area contributed by atoms with Crippen LogP contribution in [-0.2, 0) is 4.79 Å². The molecule has 0 fully saturated rings. The lowest BCUT2D eigenvalue weighted by molar-refractivity contribution is -0.109. The minimum absolute atomic E-state index is 0.115. The van der Waals surface area contributed by atoms with E-state index in [9.17, 15) is 4.79 Å². The quantitative estimate of drug-likeness (QED) is 0.380. The Morgan fingerprint density at radius 2 is 2.62 bits per heavy atom. The number of hydrogen-bond acceptors (Lipinski definition) is 2. The predicted octanol–water partition coefficient (Wildman–Crippen LogP) is -0.0391. The van der Waals surface area contributed by atoms with E-state index in [0.717, 1.165) is 19.4 Å². The van der Waals surface area contributed by atoms with E-state index >= 15 is 0 Å². The minimum Gasteiger partial charge on any atom is -0.312 e. The van der Waals surface area contributed by atoms with Gasteiger partial charge in [-0.2, -0.15) is 0 Å². The van der Waals surface area contributed by atoms with Crippen molar-refractivity contribution in [3.05, 3.63) is 12.2 Å². The molecule has 0 aliphatic carbocycles. The van der Waals surface area contributed by atoms with Crippen LogP contribution in [0.2, 0.25) is 0 Å². The smallest absolute Gasteiger partial charge is 0.128 e. The molecule has 0 spiro atoms. The first-order valence-electron chi connectivity index (χ1n) is 2.76. The molecular weight excluding hydrogens is 102 g/mol. The first kappa shape index (κ1) is 5.51. The van der Waals surface area contributed by atoms with Crippen LogP contribution in [0.25, 0.3) is 0 Å². The third kappa shape index (κ3) is 1.17. The van der Waals surface area contributed by atoms with E-state index < -0.39 is 0 Å². The van der Waals surface area contributed by atoms with Crippen molar-refractivity contribution in [3.8, 4) is 0 Å². The van der Waals surface area contributed by atoms with Gasteiger partial charge in [0.2, 0.25) is 0 Å². The van der Waals surface area contributed by atoms with E-state index in [4.69, 9.17) is 0 Å². The molecule has 1 heterocycles. The number of hydrogen-bond donors (Lipinski definition) is 1. The molecular formula is C6H9NO. The maximum Gasteiger partial charge on any atom is 0.128 e. The summed E-state index contributed by atoms with van der Waals surface area (Å²) in [5, 5.41) is 3.07. The van der Waals surface area contributed by atoms with Gasteiger partial charge in [0.1, 0.15) is 6.29 Å². The molecule has 0 amide bonds. The summed E-state index contributed by atoms with van der Waals surface area (Å²) in [6, 6.07) is 0. The highest BCUT2D eigenvalue weighted by atomic mass is 16.1. The normalized spacial score (nSPS) is 27.8. The second-order valence-corrected chi connectivity index (χ2v) is 1.89. The highest BCUT2D eigenvalue weighted by Gasteiger charge is 2.03. The molecule has 1 aliphatic rings. The van der Waals surface area contributed by atoms with Crippen molar-refractivity contribution in [2.24, 2.45) is 5.92 Å². The molecule has 1 aliphatic heterocycles. The average molecular weight is 111 g/mol. The zero-order chi connectivity index (χ0) is 5.82. The monoisotopic (exact) mass is 111 g/mol. The van der Waals surface area contributed by atoms with Crippen LogP contribution >= 0.6 is 0 Å². The molecule has 0 aromatic heterocycles. The zero-order valence-electron chi connectivity index (χ0n) is 4.63. The molecule has 1 unspecified atom stereocenters. The zero-order valence-corrected chi connectivity index (χ0v) is 4.63. The lowest BCUT2D eigenvalue weighted by Crippen LogP contribution is -2.26. The van der Waals surface area contributed by atoms with E-state index in [2.05, 4.69) is 5.32 Å². The molecule has 44 valence electrons. The van der Waals surface area contributed by atoms with Gasteiger partial charge in [0.15, 0.2) is 0 Å². The van der Waals surface area contributed by atoms with E-state index in [1.54, 1.807) is 0 Å². The summed E-state index contributed by atoms with van der Waals surface area (Å²) in [5.74, 6) is 0.115. The number of carbonyl (C=O) groups is 1. The van der Waals surface area contributed by atoms with Crippen LogP contribution in [-0.4, -0.2) is 19.4 Å². The van der Waals surface area contributed by atoms with Crippen molar-refractivity contribution in [2.45, 2.75) is 0 Å². The maximum absolute atomic E-state index is 10.1. The first-order valence-corrected chi connectivity index (χ1v) is 2.76. The number of rotatable bonds is 1. The van der Waals surface area contributed by atoms with Crippen LogP contribution in [0.3, 0.4) is 0 Å². The Morgan fingerprint density at radius 3 is 3.00 bits per heavy atom. The summed E-state index contributed by atoms with van der Waals surface area (Å²) in [6.45, 7) is 1.71. The summed E-state index contributed by atoms with van der Waals surface area (Å²) in [7, 11) is 0. The van der Waals surface area contributed by atoms with Crippen molar-refractivity contribution in [3.63, 3.8) is 0 Å². The van der Waals surface area contributed by atoms with Gasteiger partial charge in [-0.3, -0.25) is 0 Å². The van der Waals surface area contributed by atoms with Gasteiger partial charge < -0.3 is 10.1 Å². The predicted molar refractivity (Wildman–Crippen MR) is 31.6 cm³/mol. The summed E-state index contributed by atoms with van der Waals surface area (Å²) in [5.41, 5.74) is 0. The van der Waals surface area contributed by atoms with Crippen molar-refractivity contribution >= 4 is 6.29 Å². The second kappa shape index (κ2) is 2.62. The highest BCUT2D eigenvalue weighted by molar-refractivity contribution is 5.57. The van der Waals surface area contributed by atoms with E-state index in [1.165, 1.54) is 0 Å². The van der Waals surface area contributed by atoms with Gasteiger partial charge in [0.25, 0.3) is 0 Å². The average Bonchev–Trinajstić information content (AvgIpc) is 1.90. The molecule has 2 nitrogen and oxygen atoms in total. The van der Waals surface area contributed by atoms with Crippen LogP contribution in [0, 0.1) is 5.92 Å². The van der Waals surface area contributed by atoms with Gasteiger partial charge in [-0.25, -0.2) is 0 Å². The Kier molecular flexibility index (Phi) is 1.80. The Morgan fingerprint density at radius 1 is 1.75 bits per heavy atom. The van der Waals surface area contributed by atoms with Gasteiger partial charge in [-0.15, -0.1) is 0 Å². The van der Waals surface area contributed by atoms with E-state index in [0.29, 0.717) is 0 Å². The van der Waals surface area contributed by atoms with Crippen molar-refractivity contribution < 1.29 is 4.79 Å². The lowest BCUT2D eigenvalue weighted by atomic mass is 10.1. The summed E-state index contributed by atoms with van der Waals surface area (Å²) in [6.07, 6.45) is 4.87. The fraction of sp³-hybridized carbons (Fsp3) is 0.500. The molecule has 2 heteroatoms. The van der Waals surface area contributed by atoms with E-state index in [-0.39, 0.29) is 5.92 Å². The van der Waals surface area contributed by atoms with Crippen LogP contribution in [0.5, 0.6) is 0 Å². The Labute approximate surface area is 48.6 Å². The highest BCUT2D eigenvalue weighted by Crippen LogP contribution is 1.95. The van der Waals surface area contributed by atoms with Crippen LogP contribution in [0.15, 0.2) is 12.2 Å². The van der Waals surface area contributed by atoms with Gasteiger partial charge in [-0.1, -0.05) is 12.2 Å². The van der Waals surface area contributed by atoms with Gasteiger partial charge >= 0.3 is 0 Å². The standard InChI is InChI=1S/C6H9NO/c8-5-6-2-1-3-7-4-6/h1-2,5-7H,3-4H2. The Hall–Kier alpha value is -0.630. The molecule has 0 radical (unpaired) electrons. The molecule has 0 saturated carbocycles. The molecule has 1 atom stereocenters. The van der Waals surface area contributed by atoms with Crippen LogP contribution in [0.1, 0.15) is 0 Å². The van der Waals surface area contributed by atoms with Crippen molar-refractivity contribution in [1.29, 1.82) is 0 Å². The van der Waals surface area contributed by atoms with Crippen LogP contribution in [0.4, 0.5) is 0 Å². The van der Waals surface area contributed by atoms with Crippen molar-refractivity contribution in [1.82, 2.24) is 5.32 Å². The molecule has 8 heavy (non-hydrogen) atoms. The van der Waals surface area contributed by atoms with Gasteiger partial charge in [0, 0.05) is 19.0 Å². The topological polar surface area (TPSA) is 29.1 Å². The molecule has 1 rings (SSSR count). The SMILES string of the molecule is O=CC1C=CCNC1. The van der Waals surface area contributed by atoms with Gasteiger partial charge in [-0.05, 0) is 0 Å². The molecule has 0 bridgehead atoms. The summed E-state index contributed by atoms with van der Waals surface area (Å²) >= 11 is 0. The minimum atomic E-state index is 0.115. The number of carbonyl (C=O) groups excluding carboxylic acids is 1. The first-order chi connectivity index (χ1) is 3.93. The van der Waals surface area contributed by atoms with Crippen molar-refractivity contribution in [2.75, 3.05) is 13.1 Å². The number of aldehydes is 1. The molecule has 0 saturated heterocycles. The largest absolute Gasteiger partial charge is 0.312 e. The fourth-order valence-electron chi connectivity index (χ4n) is 0.738. The maximum atomic E-state index is 10.1. The summed E-state index contributed by atoms with van der Waals surface area (Å²) in [4.78, 5) is 10.1. The lowest BCUT2D eigenvalue weighted by Gasteiger charge is -2.09.